The predicted molar refractivity (Wildman–Crippen MR) is 132 cm³/mol. The van der Waals surface area contributed by atoms with E-state index in [-0.39, 0.29) is 23.4 Å². The van der Waals surface area contributed by atoms with Crippen LogP contribution in [0.5, 0.6) is 0 Å². The van der Waals surface area contributed by atoms with E-state index in [1.807, 2.05) is 0 Å². The highest BCUT2D eigenvalue weighted by atomic mass is 35.5. The average molecular weight is 505 g/mol. The Kier molecular flexibility index (Phi) is 9.86. The van der Waals surface area contributed by atoms with E-state index >= 15 is 0 Å². The Balaban J connectivity index is 1.63. The van der Waals surface area contributed by atoms with E-state index in [0.29, 0.717) is 56.2 Å². The highest BCUT2D eigenvalue weighted by Crippen LogP contribution is 2.23. The number of nitrogens with zero attached hydrogens (tertiary/aromatic N) is 1. The number of hydrogen-bond acceptors (Lipinski definition) is 4. The van der Waals surface area contributed by atoms with Gasteiger partial charge in [0, 0.05) is 44.1 Å². The van der Waals surface area contributed by atoms with Crippen molar-refractivity contribution in [2.24, 2.45) is 5.92 Å². The minimum absolute atomic E-state index is 0.122. The summed E-state index contributed by atoms with van der Waals surface area (Å²) in [6.07, 6.45) is 1.62. The molecule has 188 valence electrons. The van der Waals surface area contributed by atoms with Crippen LogP contribution in [-0.4, -0.2) is 62.1 Å². The number of ether oxygens (including phenoxy) is 1. The summed E-state index contributed by atoms with van der Waals surface area (Å²) in [5.74, 6) is -1.87. The number of carbonyl (C=O) groups is 3. The van der Waals surface area contributed by atoms with E-state index in [1.54, 1.807) is 42.3 Å². The third-order valence-corrected chi connectivity index (χ3v) is 6.12. The van der Waals surface area contributed by atoms with E-state index < -0.39 is 17.8 Å². The van der Waals surface area contributed by atoms with Crippen molar-refractivity contribution in [3.8, 4) is 0 Å². The molecule has 0 bridgehead atoms. The fourth-order valence-electron chi connectivity index (χ4n) is 4.00. The summed E-state index contributed by atoms with van der Waals surface area (Å²) >= 11 is 5.98. The summed E-state index contributed by atoms with van der Waals surface area (Å²) in [5, 5.41) is 8.88. The molecule has 1 aliphatic rings. The van der Waals surface area contributed by atoms with Crippen molar-refractivity contribution in [3.05, 3.63) is 64.9 Å². The van der Waals surface area contributed by atoms with Gasteiger partial charge in [-0.05, 0) is 55.5 Å². The summed E-state index contributed by atoms with van der Waals surface area (Å²) in [6, 6.07) is 11.4. The summed E-state index contributed by atoms with van der Waals surface area (Å²) in [7, 11) is 1.58. The first-order valence-electron chi connectivity index (χ1n) is 11.5. The fourth-order valence-corrected chi connectivity index (χ4v) is 4.19. The molecule has 4 amide bonds. The van der Waals surface area contributed by atoms with Crippen LogP contribution in [0, 0.1) is 11.7 Å². The summed E-state index contributed by atoms with van der Waals surface area (Å²) in [5.41, 5.74) is 0.470. The lowest BCUT2D eigenvalue weighted by Crippen LogP contribution is -2.54. The van der Waals surface area contributed by atoms with Gasteiger partial charge in [0.2, 0.25) is 5.91 Å². The molecule has 0 aromatic heterocycles. The molecular weight excluding hydrogens is 475 g/mol. The van der Waals surface area contributed by atoms with Crippen molar-refractivity contribution in [1.82, 2.24) is 15.5 Å². The number of anilines is 1. The molecule has 35 heavy (non-hydrogen) atoms. The number of benzene rings is 2. The second-order valence-electron chi connectivity index (χ2n) is 8.33. The van der Waals surface area contributed by atoms with Gasteiger partial charge in [-0.1, -0.05) is 29.8 Å². The van der Waals surface area contributed by atoms with Gasteiger partial charge in [0.1, 0.15) is 11.9 Å². The number of methoxy groups -OCH3 is 1. The lowest BCUT2D eigenvalue weighted by atomic mass is 9.88. The van der Waals surface area contributed by atoms with E-state index in [1.165, 1.54) is 18.2 Å². The van der Waals surface area contributed by atoms with Gasteiger partial charge in [-0.25, -0.2) is 9.18 Å². The van der Waals surface area contributed by atoms with Gasteiger partial charge < -0.3 is 25.6 Å². The first-order chi connectivity index (χ1) is 16.9. The molecule has 1 atom stereocenters. The molecule has 2 aromatic rings. The monoisotopic (exact) mass is 504 g/mol. The highest BCUT2D eigenvalue weighted by Gasteiger charge is 2.34. The SMILES string of the molecule is COCCCNC(=O)[C@H](NC(=O)c1ccccc1F)C1CCN(C(=O)Nc2cccc(Cl)c2)CC1. The number of piperidine rings is 1. The van der Waals surface area contributed by atoms with Crippen molar-refractivity contribution in [2.45, 2.75) is 25.3 Å². The van der Waals surface area contributed by atoms with Crippen LogP contribution in [0.4, 0.5) is 14.9 Å². The fraction of sp³-hybridized carbons (Fsp3) is 0.400. The maximum absolute atomic E-state index is 14.1. The Morgan fingerprint density at radius 2 is 1.89 bits per heavy atom. The van der Waals surface area contributed by atoms with E-state index in [9.17, 15) is 18.8 Å². The van der Waals surface area contributed by atoms with Gasteiger partial charge >= 0.3 is 6.03 Å². The van der Waals surface area contributed by atoms with Gasteiger partial charge in [-0.15, -0.1) is 0 Å². The summed E-state index contributed by atoms with van der Waals surface area (Å²) in [4.78, 5) is 40.1. The standard InChI is InChI=1S/C25H30ClFN4O4/c1-35-15-5-12-28-24(33)22(30-23(32)20-8-2-3-9-21(20)27)17-10-13-31(14-11-17)25(34)29-19-7-4-6-18(26)16-19/h2-4,6-9,16-17,22H,5,10-15H2,1H3,(H,28,33)(H,29,34)(H,30,32)/t22-/m1/s1. The second-order valence-corrected chi connectivity index (χ2v) is 8.77. The molecule has 3 rings (SSSR count). The zero-order chi connectivity index (χ0) is 25.2. The number of carbonyl (C=O) groups excluding carboxylic acids is 3. The molecule has 8 nitrogen and oxygen atoms in total. The highest BCUT2D eigenvalue weighted by molar-refractivity contribution is 6.30. The number of rotatable bonds is 9. The van der Waals surface area contributed by atoms with Gasteiger partial charge in [0.05, 0.1) is 5.56 Å². The van der Waals surface area contributed by atoms with Gasteiger partial charge in [-0.3, -0.25) is 9.59 Å². The smallest absolute Gasteiger partial charge is 0.321 e. The predicted octanol–water partition coefficient (Wildman–Crippen LogP) is 3.67. The Labute approximate surface area is 209 Å². The number of hydrogen-bond donors (Lipinski definition) is 3. The molecule has 0 radical (unpaired) electrons. The molecule has 0 unspecified atom stereocenters. The quantitative estimate of drug-likeness (QED) is 0.454. The topological polar surface area (TPSA) is 99.8 Å². The molecule has 0 spiro atoms. The lowest BCUT2D eigenvalue weighted by Gasteiger charge is -2.35. The average Bonchev–Trinajstić information content (AvgIpc) is 2.85. The zero-order valence-corrected chi connectivity index (χ0v) is 20.3. The number of urea groups is 1. The van der Waals surface area contributed by atoms with E-state index in [2.05, 4.69) is 16.0 Å². The minimum Gasteiger partial charge on any atom is -0.385 e. The lowest BCUT2D eigenvalue weighted by molar-refractivity contribution is -0.124. The van der Waals surface area contributed by atoms with E-state index in [0.717, 1.165) is 0 Å². The normalized spacial score (nSPS) is 14.8. The van der Waals surface area contributed by atoms with Crippen LogP contribution in [0.1, 0.15) is 29.6 Å². The van der Waals surface area contributed by atoms with Crippen LogP contribution in [0.15, 0.2) is 48.5 Å². The molecule has 0 saturated carbocycles. The molecule has 2 aromatic carbocycles. The second kappa shape index (κ2) is 13.1. The Bertz CT molecular complexity index is 1030. The first kappa shape index (κ1) is 26.4. The van der Waals surface area contributed by atoms with Crippen LogP contribution in [0.3, 0.4) is 0 Å². The van der Waals surface area contributed by atoms with Gasteiger partial charge in [-0.2, -0.15) is 0 Å². The molecule has 1 aliphatic heterocycles. The van der Waals surface area contributed by atoms with Crippen LogP contribution < -0.4 is 16.0 Å². The molecule has 0 aliphatic carbocycles. The van der Waals surface area contributed by atoms with Crippen molar-refractivity contribution in [2.75, 3.05) is 38.7 Å². The Morgan fingerprint density at radius 3 is 2.57 bits per heavy atom. The zero-order valence-electron chi connectivity index (χ0n) is 19.6. The van der Waals surface area contributed by atoms with Gasteiger partial charge in [0.15, 0.2) is 0 Å². The number of likely N-dealkylation sites (tertiary alicyclic amines) is 1. The van der Waals surface area contributed by atoms with Crippen molar-refractivity contribution in [1.29, 1.82) is 0 Å². The van der Waals surface area contributed by atoms with Crippen molar-refractivity contribution in [3.63, 3.8) is 0 Å². The third kappa shape index (κ3) is 7.66. The molecule has 1 saturated heterocycles. The molecule has 1 fully saturated rings. The summed E-state index contributed by atoms with van der Waals surface area (Å²) in [6.45, 7) is 1.69. The van der Waals surface area contributed by atoms with Gasteiger partial charge in [0.25, 0.3) is 5.91 Å². The largest absolute Gasteiger partial charge is 0.385 e. The molecular formula is C25H30ClFN4O4. The van der Waals surface area contributed by atoms with Crippen LogP contribution in [-0.2, 0) is 9.53 Å². The van der Waals surface area contributed by atoms with Crippen molar-refractivity contribution >= 4 is 35.1 Å². The van der Waals surface area contributed by atoms with Crippen molar-refractivity contribution < 1.29 is 23.5 Å². The van der Waals surface area contributed by atoms with Crippen LogP contribution in [0.25, 0.3) is 0 Å². The Hall–Kier alpha value is -3.17. The maximum atomic E-state index is 14.1. The minimum atomic E-state index is -0.859. The first-order valence-corrected chi connectivity index (χ1v) is 11.9. The number of amides is 4. The van der Waals surface area contributed by atoms with E-state index in [4.69, 9.17) is 16.3 Å². The third-order valence-electron chi connectivity index (χ3n) is 5.89. The molecule has 10 heteroatoms. The van der Waals surface area contributed by atoms with Crippen LogP contribution >= 0.6 is 11.6 Å². The Morgan fingerprint density at radius 1 is 1.14 bits per heavy atom. The molecule has 3 N–H and O–H groups in total. The number of halogens is 2. The molecule has 1 heterocycles. The summed E-state index contributed by atoms with van der Waals surface area (Å²) < 4.78 is 19.1. The van der Waals surface area contributed by atoms with Crippen LogP contribution in [0.2, 0.25) is 5.02 Å². The number of nitrogens with one attached hydrogen (secondary N) is 3. The maximum Gasteiger partial charge on any atom is 0.321 e.